The number of fused-ring (bicyclic) bond motifs is 3. The van der Waals surface area contributed by atoms with Gasteiger partial charge in [-0.15, -0.1) is 0 Å². The third kappa shape index (κ3) is 5.02. The summed E-state index contributed by atoms with van der Waals surface area (Å²) < 4.78 is 12.2. The summed E-state index contributed by atoms with van der Waals surface area (Å²) in [6.07, 6.45) is 3.27. The lowest BCUT2D eigenvalue weighted by Gasteiger charge is -2.38. The average Bonchev–Trinajstić information content (AvgIpc) is 3.11. The molecular formula is C23H33N3O5. The molecule has 2 amide bonds. The SMILES string of the molecule is CN(C)CC(=O)Nc1ccc2c(c1)[C@H]1C[C@H](CC(=O)N3CCCCC3)O[C@H](CO)[C@H]1O2. The van der Waals surface area contributed by atoms with Crippen molar-refractivity contribution in [2.75, 3.05) is 45.7 Å². The maximum absolute atomic E-state index is 12.8. The summed E-state index contributed by atoms with van der Waals surface area (Å²) in [4.78, 5) is 28.7. The summed E-state index contributed by atoms with van der Waals surface area (Å²) in [6.45, 7) is 1.79. The van der Waals surface area contributed by atoms with Crippen LogP contribution >= 0.6 is 0 Å². The molecule has 1 aromatic carbocycles. The van der Waals surface area contributed by atoms with Crippen molar-refractivity contribution in [1.29, 1.82) is 0 Å². The smallest absolute Gasteiger partial charge is 0.238 e. The van der Waals surface area contributed by atoms with Crippen molar-refractivity contribution >= 4 is 17.5 Å². The van der Waals surface area contributed by atoms with Crippen LogP contribution in [0.3, 0.4) is 0 Å². The molecule has 2 saturated heterocycles. The van der Waals surface area contributed by atoms with E-state index in [1.54, 1.807) is 0 Å². The van der Waals surface area contributed by atoms with Gasteiger partial charge >= 0.3 is 0 Å². The molecule has 0 bridgehead atoms. The number of hydrogen-bond donors (Lipinski definition) is 2. The Morgan fingerprint density at radius 3 is 2.71 bits per heavy atom. The van der Waals surface area contributed by atoms with E-state index in [1.165, 1.54) is 6.42 Å². The number of ether oxygens (including phenoxy) is 2. The zero-order valence-electron chi connectivity index (χ0n) is 18.4. The zero-order valence-corrected chi connectivity index (χ0v) is 18.4. The third-order valence-corrected chi connectivity index (χ3v) is 6.35. The molecule has 3 heterocycles. The fourth-order valence-electron chi connectivity index (χ4n) is 4.92. The van der Waals surface area contributed by atoms with Gasteiger partial charge < -0.3 is 29.7 Å². The van der Waals surface area contributed by atoms with Crippen molar-refractivity contribution in [3.05, 3.63) is 23.8 Å². The molecule has 31 heavy (non-hydrogen) atoms. The van der Waals surface area contributed by atoms with E-state index in [4.69, 9.17) is 9.47 Å². The summed E-state index contributed by atoms with van der Waals surface area (Å²) in [7, 11) is 3.70. The van der Waals surface area contributed by atoms with Gasteiger partial charge in [0.2, 0.25) is 11.8 Å². The molecule has 3 aliphatic heterocycles. The van der Waals surface area contributed by atoms with Crippen LogP contribution in [0, 0.1) is 0 Å². The van der Waals surface area contributed by atoms with Gasteiger partial charge in [-0.1, -0.05) is 0 Å². The highest BCUT2D eigenvalue weighted by Gasteiger charge is 2.46. The first-order valence-corrected chi connectivity index (χ1v) is 11.2. The second-order valence-corrected chi connectivity index (χ2v) is 9.09. The fourth-order valence-corrected chi connectivity index (χ4v) is 4.92. The van der Waals surface area contributed by atoms with Gasteiger partial charge in [-0.05, 0) is 58.0 Å². The largest absolute Gasteiger partial charge is 0.487 e. The standard InChI is InChI=1S/C23H33N3O5/c1-25(2)13-21(28)24-15-6-7-19-17(10-15)18-11-16(30-20(14-27)23(18)31-19)12-22(29)26-8-4-3-5-9-26/h6-7,10,16,18,20,23,27H,3-5,8-9,11-14H2,1-2H3,(H,24,28)/t16-,18-,20-,23+/m1/s1. The highest BCUT2D eigenvalue weighted by atomic mass is 16.6. The molecule has 0 spiro atoms. The second kappa shape index (κ2) is 9.54. The van der Waals surface area contributed by atoms with E-state index in [1.807, 2.05) is 42.1 Å². The lowest BCUT2D eigenvalue weighted by molar-refractivity contribution is -0.149. The fraction of sp³-hybridized carbons (Fsp3) is 0.652. The van der Waals surface area contributed by atoms with Crippen molar-refractivity contribution < 1.29 is 24.2 Å². The number of likely N-dealkylation sites (N-methyl/N-ethyl adjacent to an activating group) is 1. The van der Waals surface area contributed by atoms with Crippen molar-refractivity contribution in [2.45, 2.75) is 56.3 Å². The Kier molecular flexibility index (Phi) is 6.79. The van der Waals surface area contributed by atoms with Crippen molar-refractivity contribution in [1.82, 2.24) is 9.80 Å². The Labute approximate surface area is 183 Å². The highest BCUT2D eigenvalue weighted by Crippen LogP contribution is 2.47. The molecule has 2 fully saturated rings. The Morgan fingerprint density at radius 2 is 2.00 bits per heavy atom. The molecule has 0 aromatic heterocycles. The molecule has 0 aliphatic carbocycles. The van der Waals surface area contributed by atoms with E-state index in [2.05, 4.69) is 5.32 Å². The zero-order chi connectivity index (χ0) is 22.0. The summed E-state index contributed by atoms with van der Waals surface area (Å²) in [5.41, 5.74) is 1.73. The normalized spacial score (nSPS) is 27.4. The molecule has 1 aromatic rings. The van der Waals surface area contributed by atoms with E-state index in [0.717, 1.165) is 42.9 Å². The molecular weight excluding hydrogens is 398 g/mol. The monoisotopic (exact) mass is 431 g/mol. The maximum atomic E-state index is 12.8. The van der Waals surface area contributed by atoms with Crippen LogP contribution < -0.4 is 10.1 Å². The Bertz CT molecular complexity index is 808. The number of aliphatic hydroxyl groups is 1. The minimum atomic E-state index is -0.475. The van der Waals surface area contributed by atoms with E-state index < -0.39 is 6.10 Å². The second-order valence-electron chi connectivity index (χ2n) is 9.09. The number of carbonyl (C=O) groups excluding carboxylic acids is 2. The third-order valence-electron chi connectivity index (χ3n) is 6.35. The van der Waals surface area contributed by atoms with Crippen molar-refractivity contribution in [2.24, 2.45) is 0 Å². The van der Waals surface area contributed by atoms with Gasteiger partial charge in [-0.25, -0.2) is 0 Å². The number of likely N-dealkylation sites (tertiary alicyclic amines) is 1. The summed E-state index contributed by atoms with van der Waals surface area (Å²) in [6, 6.07) is 5.65. The number of rotatable bonds is 6. The average molecular weight is 432 g/mol. The number of benzene rings is 1. The minimum Gasteiger partial charge on any atom is -0.487 e. The topological polar surface area (TPSA) is 91.3 Å². The number of amides is 2. The van der Waals surface area contributed by atoms with Crippen LogP contribution in [0.15, 0.2) is 18.2 Å². The summed E-state index contributed by atoms with van der Waals surface area (Å²) in [5.74, 6) is 0.825. The number of carbonyl (C=O) groups is 2. The van der Waals surface area contributed by atoms with E-state index >= 15 is 0 Å². The Balaban J connectivity index is 1.47. The number of aliphatic hydroxyl groups excluding tert-OH is 1. The van der Waals surface area contributed by atoms with Crippen LogP contribution in [0.4, 0.5) is 5.69 Å². The molecule has 2 N–H and O–H groups in total. The minimum absolute atomic E-state index is 0.0192. The number of hydrogen-bond acceptors (Lipinski definition) is 6. The number of anilines is 1. The molecule has 4 atom stereocenters. The van der Waals surface area contributed by atoms with Crippen molar-refractivity contribution in [3.63, 3.8) is 0 Å². The molecule has 8 nitrogen and oxygen atoms in total. The van der Waals surface area contributed by atoms with Gasteiger partial charge in [-0.2, -0.15) is 0 Å². The predicted octanol–water partition coefficient (Wildman–Crippen LogP) is 1.58. The summed E-state index contributed by atoms with van der Waals surface area (Å²) >= 11 is 0. The highest BCUT2D eigenvalue weighted by molar-refractivity contribution is 5.92. The first-order valence-electron chi connectivity index (χ1n) is 11.2. The maximum Gasteiger partial charge on any atom is 0.238 e. The Hall–Kier alpha value is -2.16. The molecule has 8 heteroatoms. The van der Waals surface area contributed by atoms with Gasteiger partial charge in [-0.3, -0.25) is 9.59 Å². The van der Waals surface area contributed by atoms with Gasteiger partial charge in [0.15, 0.2) is 0 Å². The van der Waals surface area contributed by atoms with Crippen LogP contribution in [0.1, 0.15) is 43.6 Å². The van der Waals surface area contributed by atoms with Crippen LogP contribution in [-0.2, 0) is 14.3 Å². The van der Waals surface area contributed by atoms with Crippen LogP contribution in [0.25, 0.3) is 0 Å². The number of piperidine rings is 1. The van der Waals surface area contributed by atoms with Crippen molar-refractivity contribution in [3.8, 4) is 5.75 Å². The van der Waals surface area contributed by atoms with Gasteiger partial charge in [0.05, 0.1) is 25.7 Å². The lowest BCUT2D eigenvalue weighted by atomic mass is 9.84. The van der Waals surface area contributed by atoms with E-state index in [-0.39, 0.29) is 36.5 Å². The lowest BCUT2D eigenvalue weighted by Crippen LogP contribution is -2.48. The first-order chi connectivity index (χ1) is 14.9. The van der Waals surface area contributed by atoms with E-state index in [0.29, 0.717) is 19.4 Å². The Morgan fingerprint density at radius 1 is 1.23 bits per heavy atom. The molecule has 170 valence electrons. The predicted molar refractivity (Wildman–Crippen MR) is 116 cm³/mol. The first kappa shape index (κ1) is 22.0. The molecule has 4 rings (SSSR count). The number of nitrogens with zero attached hydrogens (tertiary/aromatic N) is 2. The van der Waals surface area contributed by atoms with Gasteiger partial charge in [0.25, 0.3) is 0 Å². The van der Waals surface area contributed by atoms with Gasteiger partial charge in [0, 0.05) is 30.3 Å². The van der Waals surface area contributed by atoms with Crippen LogP contribution in [-0.4, -0.2) is 85.4 Å². The quantitative estimate of drug-likeness (QED) is 0.711. The number of nitrogens with one attached hydrogen (secondary N) is 1. The van der Waals surface area contributed by atoms with Gasteiger partial charge in [0.1, 0.15) is 18.0 Å². The molecule has 0 radical (unpaired) electrons. The molecule has 3 aliphatic rings. The molecule has 0 unspecified atom stereocenters. The van der Waals surface area contributed by atoms with E-state index in [9.17, 15) is 14.7 Å². The van der Waals surface area contributed by atoms with Crippen LogP contribution in [0.2, 0.25) is 0 Å². The van der Waals surface area contributed by atoms with Crippen LogP contribution in [0.5, 0.6) is 5.75 Å². The molecule has 0 saturated carbocycles. The summed E-state index contributed by atoms with van der Waals surface area (Å²) in [5, 5.41) is 12.8.